The first-order chi connectivity index (χ1) is 13.5. The van der Waals surface area contributed by atoms with E-state index in [-0.39, 0.29) is 24.4 Å². The number of halogens is 3. The van der Waals surface area contributed by atoms with Crippen molar-refractivity contribution in [1.82, 2.24) is 4.90 Å². The van der Waals surface area contributed by atoms with Crippen LogP contribution >= 0.6 is 0 Å². The lowest BCUT2D eigenvalue weighted by Crippen LogP contribution is -2.32. The molecule has 2 aromatic rings. The maximum absolute atomic E-state index is 12.9. The number of alkyl halides is 3. The van der Waals surface area contributed by atoms with Crippen molar-refractivity contribution in [1.29, 1.82) is 0 Å². The van der Waals surface area contributed by atoms with E-state index in [1.807, 2.05) is 12.1 Å². The van der Waals surface area contributed by atoms with E-state index in [1.165, 1.54) is 12.1 Å². The van der Waals surface area contributed by atoms with Crippen LogP contribution < -0.4 is 4.74 Å². The Hall–Kier alpha value is -2.10. The molecule has 2 aromatic carbocycles. The summed E-state index contributed by atoms with van der Waals surface area (Å²) < 4.78 is 67.0. The minimum Gasteiger partial charge on any atom is -0.497 e. The van der Waals surface area contributed by atoms with Crippen LogP contribution in [0.5, 0.6) is 5.75 Å². The largest absolute Gasteiger partial charge is 0.497 e. The van der Waals surface area contributed by atoms with Crippen LogP contribution in [0.15, 0.2) is 48.5 Å². The first-order valence-corrected chi connectivity index (χ1v) is 10.9. The number of methoxy groups -OCH3 is 1. The summed E-state index contributed by atoms with van der Waals surface area (Å²) in [4.78, 5) is 1.70. The molecule has 0 fully saturated rings. The fourth-order valence-electron chi connectivity index (χ4n) is 2.79. The average molecular weight is 431 g/mol. The lowest BCUT2D eigenvalue weighted by Gasteiger charge is -2.25. The van der Waals surface area contributed by atoms with Gasteiger partial charge in [-0.3, -0.25) is 4.90 Å². The van der Waals surface area contributed by atoms with E-state index in [4.69, 9.17) is 4.74 Å². The fourth-order valence-corrected chi connectivity index (χ4v) is 3.38. The number of rotatable bonds is 9. The smallest absolute Gasteiger partial charge is 0.416 e. The maximum atomic E-state index is 12.9. The monoisotopic (exact) mass is 431 g/mol. The molecular weight excluding hydrogens is 407 g/mol. The molecule has 0 saturated heterocycles. The molecule has 1 N–H and O–H groups in total. The normalized spacial score (nSPS) is 13.5. The third-order valence-corrected chi connectivity index (χ3v) is 5.30. The van der Waals surface area contributed by atoms with Crippen LogP contribution in [-0.4, -0.2) is 50.6 Å². The quantitative estimate of drug-likeness (QED) is 0.660. The molecule has 2 rings (SSSR count). The number of aliphatic hydroxyl groups is 1. The van der Waals surface area contributed by atoms with Gasteiger partial charge in [-0.1, -0.05) is 24.3 Å². The van der Waals surface area contributed by atoms with Gasteiger partial charge in [-0.05, 0) is 35.4 Å². The molecule has 0 saturated carbocycles. The highest BCUT2D eigenvalue weighted by Crippen LogP contribution is 2.31. The summed E-state index contributed by atoms with van der Waals surface area (Å²) in [6.45, 7) is 0.458. The van der Waals surface area contributed by atoms with Gasteiger partial charge in [0, 0.05) is 25.9 Å². The second-order valence-electron chi connectivity index (χ2n) is 6.85. The van der Waals surface area contributed by atoms with Crippen LogP contribution in [0, 0.1) is 0 Å². The minimum absolute atomic E-state index is 0.0111. The molecular formula is C20H24F3NO4S. The third-order valence-electron chi connectivity index (χ3n) is 4.37. The molecule has 5 nitrogen and oxygen atoms in total. The average Bonchev–Trinajstić information content (AvgIpc) is 2.65. The molecule has 0 amide bonds. The van der Waals surface area contributed by atoms with Crippen LogP contribution in [0.1, 0.15) is 22.8 Å². The molecule has 29 heavy (non-hydrogen) atoms. The minimum atomic E-state index is -4.51. The summed E-state index contributed by atoms with van der Waals surface area (Å²) >= 11 is 0. The standard InChI is InChI=1S/C20H24F3NO4S/c1-28-18-8-6-15(7-9-18)13-24(10-11-29(2,26)27)14-19(25)16-4-3-5-17(12-16)20(21,22)23/h3-9,12,19,25H,10-11,13-14H2,1-2H3/t19-/m1/s1. The molecule has 0 unspecified atom stereocenters. The molecule has 0 aliphatic rings. The van der Waals surface area contributed by atoms with Gasteiger partial charge in [-0.15, -0.1) is 0 Å². The number of hydrogen-bond donors (Lipinski definition) is 1. The number of aliphatic hydroxyl groups excluding tert-OH is 1. The van der Waals surface area contributed by atoms with Crippen molar-refractivity contribution in [3.63, 3.8) is 0 Å². The summed E-state index contributed by atoms with van der Waals surface area (Å²) in [5.41, 5.74) is 0.140. The van der Waals surface area contributed by atoms with Gasteiger partial charge in [0.1, 0.15) is 15.6 Å². The van der Waals surface area contributed by atoms with Crippen molar-refractivity contribution < 1.29 is 31.4 Å². The molecule has 0 aromatic heterocycles. The lowest BCUT2D eigenvalue weighted by atomic mass is 10.0. The predicted molar refractivity (Wildman–Crippen MR) is 104 cm³/mol. The third kappa shape index (κ3) is 7.68. The van der Waals surface area contributed by atoms with Gasteiger partial charge in [0.15, 0.2) is 0 Å². The van der Waals surface area contributed by atoms with Crippen molar-refractivity contribution in [2.75, 3.05) is 32.2 Å². The Morgan fingerprint density at radius 1 is 1.14 bits per heavy atom. The van der Waals surface area contributed by atoms with Gasteiger partial charge in [0.05, 0.1) is 24.5 Å². The van der Waals surface area contributed by atoms with E-state index in [0.29, 0.717) is 12.3 Å². The first kappa shape index (κ1) is 23.2. The van der Waals surface area contributed by atoms with Gasteiger partial charge in [-0.25, -0.2) is 8.42 Å². The summed E-state index contributed by atoms with van der Waals surface area (Å²) in [7, 11) is -1.70. The molecule has 160 valence electrons. The molecule has 0 bridgehead atoms. The zero-order valence-corrected chi connectivity index (χ0v) is 17.0. The first-order valence-electron chi connectivity index (χ1n) is 8.86. The molecule has 0 aliphatic heterocycles. The number of ether oxygens (including phenoxy) is 1. The Kier molecular flexibility index (Phi) is 7.67. The summed E-state index contributed by atoms with van der Waals surface area (Å²) in [5, 5.41) is 10.5. The Morgan fingerprint density at radius 2 is 1.79 bits per heavy atom. The highest BCUT2D eigenvalue weighted by Gasteiger charge is 2.31. The predicted octanol–water partition coefficient (Wildman–Crippen LogP) is 3.29. The van der Waals surface area contributed by atoms with E-state index in [9.17, 15) is 26.7 Å². The van der Waals surface area contributed by atoms with Crippen molar-refractivity contribution in [3.05, 3.63) is 65.2 Å². The SMILES string of the molecule is COc1ccc(CN(CCS(C)(=O)=O)C[C@@H](O)c2cccc(C(F)(F)F)c2)cc1. The summed E-state index contributed by atoms with van der Waals surface area (Å²) in [6, 6.07) is 11.6. The molecule has 0 radical (unpaired) electrons. The zero-order chi connectivity index (χ0) is 21.7. The van der Waals surface area contributed by atoms with Gasteiger partial charge >= 0.3 is 6.18 Å². The van der Waals surface area contributed by atoms with Crippen molar-refractivity contribution >= 4 is 9.84 Å². The van der Waals surface area contributed by atoms with Crippen molar-refractivity contribution in [2.45, 2.75) is 18.8 Å². The number of sulfone groups is 1. The van der Waals surface area contributed by atoms with E-state index < -0.39 is 27.7 Å². The Labute approximate surface area is 168 Å². The second-order valence-corrected chi connectivity index (χ2v) is 9.11. The van der Waals surface area contributed by atoms with Crippen molar-refractivity contribution in [3.8, 4) is 5.75 Å². The van der Waals surface area contributed by atoms with Crippen LogP contribution in [0.4, 0.5) is 13.2 Å². The van der Waals surface area contributed by atoms with E-state index in [2.05, 4.69) is 0 Å². The highest BCUT2D eigenvalue weighted by atomic mass is 32.2. The molecule has 1 atom stereocenters. The Morgan fingerprint density at radius 3 is 2.34 bits per heavy atom. The fraction of sp³-hybridized carbons (Fsp3) is 0.400. The number of benzene rings is 2. The second kappa shape index (κ2) is 9.60. The van der Waals surface area contributed by atoms with Crippen LogP contribution in [0.25, 0.3) is 0 Å². The summed E-state index contributed by atoms with van der Waals surface area (Å²) in [6.07, 6.45) is -4.59. The molecule has 0 spiro atoms. The number of hydrogen-bond acceptors (Lipinski definition) is 5. The van der Waals surface area contributed by atoms with Gasteiger partial charge in [-0.2, -0.15) is 13.2 Å². The maximum Gasteiger partial charge on any atom is 0.416 e. The van der Waals surface area contributed by atoms with Gasteiger partial charge in [0.25, 0.3) is 0 Å². The zero-order valence-electron chi connectivity index (χ0n) is 16.2. The Balaban J connectivity index is 2.17. The van der Waals surface area contributed by atoms with E-state index in [1.54, 1.807) is 24.1 Å². The summed E-state index contributed by atoms with van der Waals surface area (Å²) in [5.74, 6) is 0.541. The van der Waals surface area contributed by atoms with Crippen LogP contribution in [0.2, 0.25) is 0 Å². The molecule has 0 aliphatic carbocycles. The van der Waals surface area contributed by atoms with E-state index >= 15 is 0 Å². The lowest BCUT2D eigenvalue weighted by molar-refractivity contribution is -0.137. The van der Waals surface area contributed by atoms with Crippen LogP contribution in [-0.2, 0) is 22.6 Å². The van der Waals surface area contributed by atoms with Gasteiger partial charge < -0.3 is 9.84 Å². The Bertz CT molecular complexity index is 899. The molecule has 0 heterocycles. The van der Waals surface area contributed by atoms with Crippen molar-refractivity contribution in [2.24, 2.45) is 0 Å². The van der Waals surface area contributed by atoms with E-state index in [0.717, 1.165) is 24.0 Å². The van der Waals surface area contributed by atoms with Crippen LogP contribution in [0.3, 0.4) is 0 Å². The number of nitrogens with zero attached hydrogens (tertiary/aromatic N) is 1. The molecule has 9 heteroatoms. The topological polar surface area (TPSA) is 66.8 Å². The highest BCUT2D eigenvalue weighted by molar-refractivity contribution is 7.90. The van der Waals surface area contributed by atoms with Gasteiger partial charge in [0.2, 0.25) is 0 Å².